The number of aryl methyl sites for hydroxylation is 2. The Hall–Kier alpha value is -2.53. The highest BCUT2D eigenvalue weighted by atomic mass is 16.5. The van der Waals surface area contributed by atoms with Crippen molar-refractivity contribution in [3.05, 3.63) is 59.7 Å². The van der Waals surface area contributed by atoms with Crippen LogP contribution in [0.1, 0.15) is 36.8 Å². The Morgan fingerprint density at radius 3 is 2.07 bits per heavy atom. The fourth-order valence-corrected chi connectivity index (χ4v) is 4.57. The van der Waals surface area contributed by atoms with Gasteiger partial charge in [-0.2, -0.15) is 0 Å². The van der Waals surface area contributed by atoms with Crippen molar-refractivity contribution in [2.24, 2.45) is 0 Å². The van der Waals surface area contributed by atoms with Crippen molar-refractivity contribution in [2.75, 3.05) is 19.8 Å². The lowest BCUT2D eigenvalue weighted by Gasteiger charge is -2.55. The Kier molecular flexibility index (Phi) is 6.58. The quantitative estimate of drug-likeness (QED) is 0.640. The van der Waals surface area contributed by atoms with Crippen LogP contribution in [0.25, 0.3) is 0 Å². The van der Waals surface area contributed by atoms with Gasteiger partial charge in [-0.15, -0.1) is 0 Å². The lowest BCUT2D eigenvalue weighted by atomic mass is 9.76. The third-order valence-electron chi connectivity index (χ3n) is 6.20. The van der Waals surface area contributed by atoms with Gasteiger partial charge in [0, 0.05) is 24.7 Å². The number of hydrogen-bond acceptors (Lipinski definition) is 4. The molecule has 0 radical (unpaired) electrons. The summed E-state index contributed by atoms with van der Waals surface area (Å²) in [5.41, 5.74) is 2.43. The third kappa shape index (κ3) is 5.33. The third-order valence-corrected chi connectivity index (χ3v) is 6.20. The summed E-state index contributed by atoms with van der Waals surface area (Å²) in [4.78, 5) is 14.8. The molecule has 2 unspecified atom stereocenters. The number of benzene rings is 2. The highest BCUT2D eigenvalue weighted by Gasteiger charge is 2.44. The number of amides is 1. The van der Waals surface area contributed by atoms with E-state index in [9.17, 15) is 4.79 Å². The molecule has 0 aromatic heterocycles. The predicted octanol–water partition coefficient (Wildman–Crippen LogP) is 3.87. The maximum Gasteiger partial charge on any atom is 0.258 e. The summed E-state index contributed by atoms with van der Waals surface area (Å²) in [5.74, 6) is 1.65. The standard InChI is InChI=1S/C25H32N2O3/c1-18-4-8-23(9-5-18)29-13-3-12-27-21-14-20(15-22(27)16-21)26-25(28)17-30-24-10-6-19(2)7-11-24/h4-11,20-22H,3,12-17H2,1-2H3,(H,26,28). The van der Waals surface area contributed by atoms with E-state index in [2.05, 4.69) is 29.3 Å². The van der Waals surface area contributed by atoms with Crippen molar-refractivity contribution in [2.45, 2.75) is 57.7 Å². The van der Waals surface area contributed by atoms with Gasteiger partial charge in [0.1, 0.15) is 11.5 Å². The molecule has 2 heterocycles. The van der Waals surface area contributed by atoms with Crippen molar-refractivity contribution in [1.29, 1.82) is 0 Å². The van der Waals surface area contributed by atoms with Crippen LogP contribution in [0.4, 0.5) is 0 Å². The number of carbonyl (C=O) groups is 1. The Bertz CT molecular complexity index is 822. The highest BCUT2D eigenvalue weighted by Crippen LogP contribution is 2.38. The fourth-order valence-electron chi connectivity index (χ4n) is 4.57. The first-order valence-electron chi connectivity index (χ1n) is 11.0. The van der Waals surface area contributed by atoms with Crippen LogP contribution in [0.15, 0.2) is 48.5 Å². The summed E-state index contributed by atoms with van der Waals surface area (Å²) >= 11 is 0. The minimum absolute atomic E-state index is 0.0278. The van der Waals surface area contributed by atoms with Gasteiger partial charge >= 0.3 is 0 Å². The maximum absolute atomic E-state index is 12.3. The molecule has 30 heavy (non-hydrogen) atoms. The predicted molar refractivity (Wildman–Crippen MR) is 118 cm³/mol. The molecule has 5 heteroatoms. The topological polar surface area (TPSA) is 50.8 Å². The van der Waals surface area contributed by atoms with E-state index < -0.39 is 0 Å². The highest BCUT2D eigenvalue weighted by molar-refractivity contribution is 5.77. The molecule has 2 atom stereocenters. The monoisotopic (exact) mass is 408 g/mol. The number of hydrogen-bond donors (Lipinski definition) is 1. The largest absolute Gasteiger partial charge is 0.494 e. The smallest absolute Gasteiger partial charge is 0.258 e. The van der Waals surface area contributed by atoms with Gasteiger partial charge in [-0.25, -0.2) is 0 Å². The van der Waals surface area contributed by atoms with E-state index in [4.69, 9.17) is 9.47 Å². The van der Waals surface area contributed by atoms with Crippen molar-refractivity contribution >= 4 is 5.91 Å². The van der Waals surface area contributed by atoms with Crippen molar-refractivity contribution < 1.29 is 14.3 Å². The maximum atomic E-state index is 12.3. The number of fused-ring (bicyclic) bond motifs is 2. The molecule has 2 saturated heterocycles. The molecule has 5 nitrogen and oxygen atoms in total. The summed E-state index contributed by atoms with van der Waals surface area (Å²) in [5, 5.41) is 3.16. The number of ether oxygens (including phenoxy) is 2. The van der Waals surface area contributed by atoms with Gasteiger partial charge in [0.2, 0.25) is 0 Å². The van der Waals surface area contributed by atoms with Crippen LogP contribution < -0.4 is 14.8 Å². The molecule has 2 bridgehead atoms. The average Bonchev–Trinajstić information content (AvgIpc) is 2.74. The second-order valence-corrected chi connectivity index (χ2v) is 8.63. The van der Waals surface area contributed by atoms with Crippen LogP contribution in [0.5, 0.6) is 11.5 Å². The van der Waals surface area contributed by atoms with Crippen molar-refractivity contribution in [3.63, 3.8) is 0 Å². The first kappa shape index (κ1) is 20.7. The second-order valence-electron chi connectivity index (χ2n) is 8.63. The Morgan fingerprint density at radius 1 is 0.900 bits per heavy atom. The van der Waals surface area contributed by atoms with Gasteiger partial charge in [0.25, 0.3) is 5.91 Å². The van der Waals surface area contributed by atoms with Gasteiger partial charge in [-0.1, -0.05) is 35.4 Å². The molecule has 0 spiro atoms. The summed E-state index contributed by atoms with van der Waals surface area (Å²) in [6.07, 6.45) is 4.35. The molecule has 1 saturated carbocycles. The van der Waals surface area contributed by atoms with Crippen molar-refractivity contribution in [3.8, 4) is 11.5 Å². The summed E-state index contributed by atoms with van der Waals surface area (Å²) < 4.78 is 11.4. The van der Waals surface area contributed by atoms with Gasteiger partial charge in [-0.3, -0.25) is 9.69 Å². The lowest BCUT2D eigenvalue weighted by molar-refractivity contribution is -0.125. The number of nitrogens with zero attached hydrogens (tertiary/aromatic N) is 1. The Balaban J connectivity index is 1.12. The van der Waals surface area contributed by atoms with Gasteiger partial charge in [-0.05, 0) is 63.8 Å². The normalized spacial score (nSPS) is 22.8. The minimum atomic E-state index is -0.0278. The molecule has 2 aliphatic heterocycles. The van der Waals surface area contributed by atoms with E-state index in [0.29, 0.717) is 12.1 Å². The fraction of sp³-hybridized carbons (Fsp3) is 0.480. The van der Waals surface area contributed by atoms with Gasteiger partial charge < -0.3 is 14.8 Å². The summed E-state index contributed by atoms with van der Waals surface area (Å²) in [7, 11) is 0. The molecule has 2 aromatic rings. The zero-order valence-corrected chi connectivity index (χ0v) is 18.0. The van der Waals surface area contributed by atoms with Crippen LogP contribution in [0, 0.1) is 13.8 Å². The molecule has 5 rings (SSSR count). The van der Waals surface area contributed by atoms with Crippen LogP contribution in [-0.2, 0) is 4.79 Å². The van der Waals surface area contributed by atoms with Gasteiger partial charge in [0.05, 0.1) is 6.61 Å². The molecular weight excluding hydrogens is 376 g/mol. The van der Waals surface area contributed by atoms with E-state index in [1.165, 1.54) is 17.5 Å². The second kappa shape index (κ2) is 9.52. The first-order valence-corrected chi connectivity index (χ1v) is 11.0. The SMILES string of the molecule is Cc1ccc(OCCCN2C3CC(NC(=O)COc4ccc(C)cc4)CC2C3)cc1. The molecule has 1 N–H and O–H groups in total. The molecule has 160 valence electrons. The van der Waals surface area contributed by atoms with E-state index in [1.54, 1.807) is 0 Å². The lowest BCUT2D eigenvalue weighted by Crippen LogP contribution is -2.64. The molecule has 1 aliphatic carbocycles. The molecule has 1 amide bonds. The Labute approximate surface area is 179 Å². The molecule has 3 fully saturated rings. The van der Waals surface area contributed by atoms with Crippen LogP contribution in [0.2, 0.25) is 0 Å². The zero-order chi connectivity index (χ0) is 20.9. The van der Waals surface area contributed by atoms with Crippen LogP contribution >= 0.6 is 0 Å². The number of carbonyl (C=O) groups excluding carboxylic acids is 1. The number of nitrogens with one attached hydrogen (secondary N) is 1. The van der Waals surface area contributed by atoms with E-state index in [0.717, 1.165) is 43.9 Å². The Morgan fingerprint density at radius 2 is 1.47 bits per heavy atom. The average molecular weight is 409 g/mol. The van der Waals surface area contributed by atoms with Crippen molar-refractivity contribution in [1.82, 2.24) is 10.2 Å². The molecule has 2 aromatic carbocycles. The zero-order valence-electron chi connectivity index (χ0n) is 18.0. The molecular formula is C25H32N2O3. The summed E-state index contributed by atoms with van der Waals surface area (Å²) in [6.45, 7) is 6.01. The van der Waals surface area contributed by atoms with Crippen LogP contribution in [-0.4, -0.2) is 48.7 Å². The van der Waals surface area contributed by atoms with E-state index in [1.807, 2.05) is 43.3 Å². The number of piperidine rings is 1. The van der Waals surface area contributed by atoms with E-state index in [-0.39, 0.29) is 18.6 Å². The molecule has 3 aliphatic rings. The minimum Gasteiger partial charge on any atom is -0.494 e. The first-order chi connectivity index (χ1) is 14.6. The summed E-state index contributed by atoms with van der Waals surface area (Å²) in [6, 6.07) is 17.4. The van der Waals surface area contributed by atoms with Crippen LogP contribution in [0.3, 0.4) is 0 Å². The number of rotatable bonds is 9. The van der Waals surface area contributed by atoms with Gasteiger partial charge in [0.15, 0.2) is 6.61 Å². The van der Waals surface area contributed by atoms with E-state index >= 15 is 0 Å².